The zero-order valence-corrected chi connectivity index (χ0v) is 16.4. The minimum Gasteiger partial charge on any atom is -0.452 e. The Kier molecular flexibility index (Phi) is 6.18. The molecular weight excluding hydrogens is 396 g/mol. The topological polar surface area (TPSA) is 110 Å². The van der Waals surface area contributed by atoms with Crippen LogP contribution in [0.25, 0.3) is 0 Å². The third-order valence-corrected chi connectivity index (χ3v) is 5.14. The molecule has 0 spiro atoms. The highest BCUT2D eigenvalue weighted by atomic mass is 32.1. The second kappa shape index (κ2) is 8.78. The van der Waals surface area contributed by atoms with Crippen LogP contribution < -0.4 is 5.32 Å². The Morgan fingerprint density at radius 1 is 1.10 bits per heavy atom. The monoisotopic (exact) mass is 414 g/mol. The summed E-state index contributed by atoms with van der Waals surface area (Å²) in [5.41, 5.74) is 0.416. The minimum atomic E-state index is -0.834. The van der Waals surface area contributed by atoms with E-state index >= 15 is 0 Å². The van der Waals surface area contributed by atoms with Crippen molar-refractivity contribution in [2.45, 2.75) is 19.8 Å². The maximum Gasteiger partial charge on any atom is 0.338 e. The van der Waals surface area contributed by atoms with Crippen LogP contribution in [0.3, 0.4) is 0 Å². The average Bonchev–Trinajstić information content (AvgIpc) is 3.33. The first-order chi connectivity index (χ1) is 13.9. The van der Waals surface area contributed by atoms with E-state index in [1.807, 2.05) is 6.92 Å². The van der Waals surface area contributed by atoms with Gasteiger partial charge in [0, 0.05) is 6.54 Å². The number of ether oxygens (including phenoxy) is 1. The van der Waals surface area contributed by atoms with Crippen molar-refractivity contribution >= 4 is 40.9 Å². The van der Waals surface area contributed by atoms with Gasteiger partial charge in [0.2, 0.25) is 0 Å². The first-order valence-electron chi connectivity index (χ1n) is 8.97. The van der Waals surface area contributed by atoms with Gasteiger partial charge >= 0.3 is 5.97 Å². The van der Waals surface area contributed by atoms with Crippen LogP contribution in [0.2, 0.25) is 0 Å². The molecule has 0 saturated heterocycles. The number of hydrogen-bond acceptors (Lipinski definition) is 7. The van der Waals surface area contributed by atoms with E-state index in [4.69, 9.17) is 4.74 Å². The normalized spacial score (nSPS) is 12.7. The van der Waals surface area contributed by atoms with Gasteiger partial charge in [0.1, 0.15) is 0 Å². The van der Waals surface area contributed by atoms with E-state index in [1.165, 1.54) is 29.5 Å². The summed E-state index contributed by atoms with van der Waals surface area (Å²) in [6.45, 7) is 1.63. The molecule has 0 aliphatic carbocycles. The van der Waals surface area contributed by atoms with E-state index < -0.39 is 30.3 Å². The molecule has 9 heteroatoms. The summed E-state index contributed by atoms with van der Waals surface area (Å²) in [6, 6.07) is 7.29. The molecule has 29 heavy (non-hydrogen) atoms. The summed E-state index contributed by atoms with van der Waals surface area (Å²) in [4.78, 5) is 62.1. The second-order valence-electron chi connectivity index (χ2n) is 6.31. The molecule has 0 fully saturated rings. The van der Waals surface area contributed by atoms with Crippen molar-refractivity contribution in [2.75, 3.05) is 13.2 Å². The molecule has 0 unspecified atom stereocenters. The standard InChI is InChI=1S/C20H18N2O6S/c1-2-3-8-22-18(25)13-7-6-12(10-14(13)19(22)26)20(27)28-11-16(23)21-17(24)15-5-4-9-29-15/h4-7,9-10H,2-3,8,11H2,1H3,(H,21,23,24). The van der Waals surface area contributed by atoms with Gasteiger partial charge in [-0.15, -0.1) is 11.3 Å². The zero-order valence-electron chi connectivity index (χ0n) is 15.6. The SMILES string of the molecule is CCCCN1C(=O)c2ccc(C(=O)OCC(=O)NC(=O)c3cccs3)cc2C1=O. The summed E-state index contributed by atoms with van der Waals surface area (Å²) in [6.07, 6.45) is 1.53. The number of imide groups is 2. The molecule has 1 N–H and O–H groups in total. The fraction of sp³-hybridized carbons (Fsp3) is 0.250. The van der Waals surface area contributed by atoms with Crippen LogP contribution in [0, 0.1) is 0 Å². The van der Waals surface area contributed by atoms with Crippen molar-refractivity contribution in [3.05, 3.63) is 57.3 Å². The molecule has 0 saturated carbocycles. The maximum atomic E-state index is 12.4. The van der Waals surface area contributed by atoms with Gasteiger partial charge in [0.05, 0.1) is 21.6 Å². The molecule has 0 atom stereocenters. The quantitative estimate of drug-likeness (QED) is 0.550. The molecular formula is C20H18N2O6S. The molecule has 8 nitrogen and oxygen atoms in total. The van der Waals surface area contributed by atoms with E-state index in [0.717, 1.165) is 11.3 Å². The largest absolute Gasteiger partial charge is 0.452 e. The number of hydrogen-bond donors (Lipinski definition) is 1. The van der Waals surface area contributed by atoms with E-state index in [0.29, 0.717) is 17.8 Å². The number of unbranched alkanes of at least 4 members (excludes halogenated alkanes) is 1. The molecule has 150 valence electrons. The number of nitrogens with one attached hydrogen (secondary N) is 1. The Balaban J connectivity index is 1.61. The summed E-state index contributed by atoms with van der Waals surface area (Å²) >= 11 is 1.18. The predicted octanol–water partition coefficient (Wildman–Crippen LogP) is 2.26. The first-order valence-corrected chi connectivity index (χ1v) is 9.85. The number of carbonyl (C=O) groups excluding carboxylic acids is 5. The van der Waals surface area contributed by atoms with Crippen molar-refractivity contribution in [2.24, 2.45) is 0 Å². The van der Waals surface area contributed by atoms with Crippen LogP contribution >= 0.6 is 11.3 Å². The number of benzene rings is 1. The summed E-state index contributed by atoms with van der Waals surface area (Å²) in [7, 11) is 0. The predicted molar refractivity (Wildman–Crippen MR) is 104 cm³/mol. The number of esters is 1. The van der Waals surface area contributed by atoms with Gasteiger partial charge in [-0.2, -0.15) is 0 Å². The van der Waals surface area contributed by atoms with Crippen molar-refractivity contribution in [1.29, 1.82) is 0 Å². The summed E-state index contributed by atoms with van der Waals surface area (Å²) in [5.74, 6) is -3.01. The lowest BCUT2D eigenvalue weighted by Crippen LogP contribution is -2.33. The molecule has 2 aromatic rings. The van der Waals surface area contributed by atoms with Crippen LogP contribution in [-0.4, -0.2) is 47.6 Å². The molecule has 1 aliphatic rings. The highest BCUT2D eigenvalue weighted by Crippen LogP contribution is 2.24. The molecule has 4 amide bonds. The fourth-order valence-corrected chi connectivity index (χ4v) is 3.40. The molecule has 0 radical (unpaired) electrons. The van der Waals surface area contributed by atoms with Crippen molar-refractivity contribution in [1.82, 2.24) is 10.2 Å². The van der Waals surface area contributed by atoms with E-state index in [-0.39, 0.29) is 22.6 Å². The van der Waals surface area contributed by atoms with Crippen molar-refractivity contribution < 1.29 is 28.7 Å². The lowest BCUT2D eigenvalue weighted by atomic mass is 10.1. The van der Waals surface area contributed by atoms with Crippen LogP contribution in [-0.2, 0) is 9.53 Å². The number of thiophene rings is 1. The minimum absolute atomic E-state index is 0.0413. The van der Waals surface area contributed by atoms with Crippen molar-refractivity contribution in [3.8, 4) is 0 Å². The fourth-order valence-electron chi connectivity index (χ4n) is 2.78. The third-order valence-electron chi connectivity index (χ3n) is 4.27. The molecule has 1 aromatic carbocycles. The van der Waals surface area contributed by atoms with E-state index in [2.05, 4.69) is 5.32 Å². The molecule has 1 aliphatic heterocycles. The van der Waals surface area contributed by atoms with Crippen molar-refractivity contribution in [3.63, 3.8) is 0 Å². The number of nitrogens with zero attached hydrogens (tertiary/aromatic N) is 1. The van der Waals surface area contributed by atoms with Gasteiger partial charge in [-0.1, -0.05) is 19.4 Å². The Bertz CT molecular complexity index is 983. The number of fused-ring (bicyclic) bond motifs is 1. The molecule has 2 heterocycles. The van der Waals surface area contributed by atoms with Crippen LogP contribution in [0.5, 0.6) is 0 Å². The number of amides is 4. The van der Waals surface area contributed by atoms with Gasteiger partial charge < -0.3 is 4.74 Å². The molecule has 1 aromatic heterocycles. The summed E-state index contributed by atoms with van der Waals surface area (Å²) in [5, 5.41) is 3.82. The Morgan fingerprint density at radius 2 is 1.86 bits per heavy atom. The lowest BCUT2D eigenvalue weighted by Gasteiger charge is -2.12. The average molecular weight is 414 g/mol. The van der Waals surface area contributed by atoms with Crippen LogP contribution in [0.4, 0.5) is 0 Å². The van der Waals surface area contributed by atoms with Gasteiger partial charge in [0.25, 0.3) is 23.6 Å². The number of carbonyl (C=O) groups is 5. The van der Waals surface area contributed by atoms with Gasteiger partial charge in [0.15, 0.2) is 6.61 Å². The summed E-state index contributed by atoms with van der Waals surface area (Å²) < 4.78 is 4.91. The lowest BCUT2D eigenvalue weighted by molar-refractivity contribution is -0.123. The van der Waals surface area contributed by atoms with Gasteiger partial charge in [-0.25, -0.2) is 4.79 Å². The Labute approximate surface area is 170 Å². The Hall–Kier alpha value is -3.33. The highest BCUT2D eigenvalue weighted by Gasteiger charge is 2.35. The smallest absolute Gasteiger partial charge is 0.338 e. The van der Waals surface area contributed by atoms with Crippen LogP contribution in [0.15, 0.2) is 35.7 Å². The first kappa shape index (κ1) is 20.4. The van der Waals surface area contributed by atoms with E-state index in [9.17, 15) is 24.0 Å². The van der Waals surface area contributed by atoms with E-state index in [1.54, 1.807) is 17.5 Å². The highest BCUT2D eigenvalue weighted by molar-refractivity contribution is 7.12. The van der Waals surface area contributed by atoms with Gasteiger partial charge in [-0.3, -0.25) is 29.4 Å². The van der Waals surface area contributed by atoms with Crippen LogP contribution in [0.1, 0.15) is 60.5 Å². The molecule has 3 rings (SSSR count). The van der Waals surface area contributed by atoms with Gasteiger partial charge in [-0.05, 0) is 36.1 Å². The Morgan fingerprint density at radius 3 is 2.55 bits per heavy atom. The zero-order chi connectivity index (χ0) is 21.0. The second-order valence-corrected chi connectivity index (χ2v) is 7.25. The number of rotatable bonds is 7. The maximum absolute atomic E-state index is 12.4. The third kappa shape index (κ3) is 4.40. The molecule has 0 bridgehead atoms.